The van der Waals surface area contributed by atoms with E-state index in [1.165, 1.54) is 6.07 Å². The van der Waals surface area contributed by atoms with Gasteiger partial charge in [-0.2, -0.15) is 5.26 Å². The van der Waals surface area contributed by atoms with Crippen molar-refractivity contribution < 1.29 is 4.39 Å². The summed E-state index contributed by atoms with van der Waals surface area (Å²) >= 11 is 0. The van der Waals surface area contributed by atoms with Crippen LogP contribution in [0.5, 0.6) is 0 Å². The van der Waals surface area contributed by atoms with Crippen LogP contribution in [0.4, 0.5) is 10.2 Å². The first-order chi connectivity index (χ1) is 8.69. The first-order valence-electron chi connectivity index (χ1n) is 5.55. The molecule has 0 spiro atoms. The molecule has 1 aromatic carbocycles. The highest BCUT2D eigenvalue weighted by Gasteiger charge is 2.02. The van der Waals surface area contributed by atoms with Crippen LogP contribution in [-0.2, 0) is 6.54 Å². The van der Waals surface area contributed by atoms with E-state index in [9.17, 15) is 4.39 Å². The summed E-state index contributed by atoms with van der Waals surface area (Å²) in [7, 11) is 0. The fraction of sp³-hybridized carbons (Fsp3) is 0.143. The Hall–Kier alpha value is -2.41. The van der Waals surface area contributed by atoms with Gasteiger partial charge in [0.05, 0.1) is 11.6 Å². The zero-order valence-electron chi connectivity index (χ0n) is 9.94. The third-order valence-electron chi connectivity index (χ3n) is 2.50. The lowest BCUT2D eigenvalue weighted by Crippen LogP contribution is -2.04. The van der Waals surface area contributed by atoms with Crippen LogP contribution in [-0.4, -0.2) is 4.98 Å². The maximum absolute atomic E-state index is 13.4. The molecule has 1 N–H and O–H groups in total. The average Bonchev–Trinajstić information content (AvgIpc) is 2.37. The summed E-state index contributed by atoms with van der Waals surface area (Å²) in [6.45, 7) is 2.16. The van der Waals surface area contributed by atoms with Crippen LogP contribution in [0.1, 0.15) is 16.8 Å². The van der Waals surface area contributed by atoms with Gasteiger partial charge in [-0.05, 0) is 25.1 Å². The van der Waals surface area contributed by atoms with Crippen molar-refractivity contribution >= 4 is 5.82 Å². The Morgan fingerprint density at radius 2 is 2.11 bits per heavy atom. The van der Waals surface area contributed by atoms with Gasteiger partial charge in [0.15, 0.2) is 0 Å². The quantitative estimate of drug-likeness (QED) is 0.898. The molecule has 0 aliphatic rings. The number of nitrogens with one attached hydrogen (secondary N) is 1. The smallest absolute Gasteiger partial charge is 0.128 e. The molecule has 0 bridgehead atoms. The third kappa shape index (κ3) is 2.83. The number of anilines is 1. The monoisotopic (exact) mass is 241 g/mol. The van der Waals surface area contributed by atoms with Gasteiger partial charge in [0.2, 0.25) is 0 Å². The number of pyridine rings is 1. The van der Waals surface area contributed by atoms with Gasteiger partial charge < -0.3 is 5.32 Å². The normalized spacial score (nSPS) is 9.83. The van der Waals surface area contributed by atoms with Gasteiger partial charge in [0.25, 0.3) is 0 Å². The highest BCUT2D eigenvalue weighted by molar-refractivity contribution is 5.44. The Balaban J connectivity index is 2.14. The lowest BCUT2D eigenvalue weighted by Gasteiger charge is -2.07. The molecule has 1 aromatic heterocycles. The predicted octanol–water partition coefficient (Wildman–Crippen LogP) is 3.01. The van der Waals surface area contributed by atoms with Gasteiger partial charge in [-0.25, -0.2) is 9.37 Å². The molecule has 0 saturated heterocycles. The summed E-state index contributed by atoms with van der Waals surface area (Å²) in [5, 5.41) is 11.9. The van der Waals surface area contributed by atoms with Crippen LogP contribution >= 0.6 is 0 Å². The number of aromatic nitrogens is 1. The Bertz CT molecular complexity index is 602. The first kappa shape index (κ1) is 12.1. The lowest BCUT2D eigenvalue weighted by atomic mass is 10.2. The van der Waals surface area contributed by atoms with Crippen LogP contribution in [0.25, 0.3) is 0 Å². The van der Waals surface area contributed by atoms with E-state index in [1.54, 1.807) is 30.3 Å². The van der Waals surface area contributed by atoms with Gasteiger partial charge in [0.1, 0.15) is 11.6 Å². The Morgan fingerprint density at radius 3 is 2.83 bits per heavy atom. The van der Waals surface area contributed by atoms with Crippen molar-refractivity contribution in [2.24, 2.45) is 0 Å². The molecule has 2 rings (SSSR count). The van der Waals surface area contributed by atoms with Crippen LogP contribution in [0, 0.1) is 24.1 Å². The molecule has 90 valence electrons. The minimum absolute atomic E-state index is 0.252. The Kier molecular flexibility index (Phi) is 3.54. The van der Waals surface area contributed by atoms with E-state index in [1.807, 2.05) is 6.92 Å². The van der Waals surface area contributed by atoms with Crippen LogP contribution in [0.2, 0.25) is 0 Å². The minimum Gasteiger partial charge on any atom is -0.366 e. The molecule has 0 fully saturated rings. The topological polar surface area (TPSA) is 48.7 Å². The molecule has 0 radical (unpaired) electrons. The van der Waals surface area contributed by atoms with Gasteiger partial charge in [0, 0.05) is 17.8 Å². The first-order valence-corrected chi connectivity index (χ1v) is 5.55. The Labute approximate surface area is 105 Å². The molecule has 0 atom stereocenters. The molecule has 1 heterocycles. The fourth-order valence-electron chi connectivity index (χ4n) is 1.65. The number of hydrogen-bond acceptors (Lipinski definition) is 3. The van der Waals surface area contributed by atoms with E-state index >= 15 is 0 Å². The van der Waals surface area contributed by atoms with Crippen molar-refractivity contribution in [3.05, 3.63) is 59.0 Å². The summed E-state index contributed by atoms with van der Waals surface area (Å²) in [4.78, 5) is 4.24. The van der Waals surface area contributed by atoms with Crippen molar-refractivity contribution in [1.82, 2.24) is 4.98 Å². The number of nitriles is 1. The number of benzene rings is 1. The summed E-state index contributed by atoms with van der Waals surface area (Å²) in [5.41, 5.74) is 1.86. The summed E-state index contributed by atoms with van der Waals surface area (Å²) in [5.74, 6) is 0.327. The molecular weight excluding hydrogens is 229 g/mol. The van der Waals surface area contributed by atoms with Crippen molar-refractivity contribution in [2.75, 3.05) is 5.32 Å². The zero-order valence-corrected chi connectivity index (χ0v) is 9.94. The number of halogens is 1. The van der Waals surface area contributed by atoms with Crippen LogP contribution in [0.3, 0.4) is 0 Å². The predicted molar refractivity (Wildman–Crippen MR) is 67.4 cm³/mol. The number of aryl methyl sites for hydroxylation is 1. The lowest BCUT2D eigenvalue weighted by molar-refractivity contribution is 0.613. The fourth-order valence-corrected chi connectivity index (χ4v) is 1.65. The van der Waals surface area contributed by atoms with E-state index < -0.39 is 0 Å². The average molecular weight is 241 g/mol. The van der Waals surface area contributed by atoms with E-state index in [0.717, 1.165) is 5.69 Å². The second-order valence-electron chi connectivity index (χ2n) is 3.94. The van der Waals surface area contributed by atoms with Gasteiger partial charge in [-0.3, -0.25) is 0 Å². The standard InChI is InChI=1S/C14H12FN3/c1-10-6-11(8-16)7-14(18-10)17-9-12-4-2-3-5-13(12)15/h2-7H,9H2,1H3,(H,17,18). The number of hydrogen-bond donors (Lipinski definition) is 1. The SMILES string of the molecule is Cc1cc(C#N)cc(NCc2ccccc2F)n1. The number of nitrogens with zero attached hydrogens (tertiary/aromatic N) is 2. The van der Waals surface area contributed by atoms with E-state index in [2.05, 4.69) is 16.4 Å². The molecule has 0 aliphatic carbocycles. The largest absolute Gasteiger partial charge is 0.366 e. The maximum atomic E-state index is 13.4. The van der Waals surface area contributed by atoms with Gasteiger partial charge in [-0.1, -0.05) is 18.2 Å². The zero-order chi connectivity index (χ0) is 13.0. The third-order valence-corrected chi connectivity index (χ3v) is 2.50. The number of rotatable bonds is 3. The molecule has 0 amide bonds. The van der Waals surface area contributed by atoms with Crippen molar-refractivity contribution in [3.63, 3.8) is 0 Å². The van der Waals surface area contributed by atoms with Crippen molar-refractivity contribution in [3.8, 4) is 6.07 Å². The molecule has 0 unspecified atom stereocenters. The van der Waals surface area contributed by atoms with E-state index in [-0.39, 0.29) is 5.82 Å². The summed E-state index contributed by atoms with van der Waals surface area (Å²) in [6.07, 6.45) is 0. The Morgan fingerprint density at radius 1 is 1.33 bits per heavy atom. The van der Waals surface area contributed by atoms with Crippen molar-refractivity contribution in [2.45, 2.75) is 13.5 Å². The molecule has 2 aromatic rings. The second-order valence-corrected chi connectivity index (χ2v) is 3.94. The highest BCUT2D eigenvalue weighted by atomic mass is 19.1. The van der Waals surface area contributed by atoms with Crippen molar-refractivity contribution in [1.29, 1.82) is 5.26 Å². The second kappa shape index (κ2) is 5.28. The van der Waals surface area contributed by atoms with Gasteiger partial charge >= 0.3 is 0 Å². The summed E-state index contributed by atoms with van der Waals surface area (Å²) in [6, 6.07) is 12.0. The summed E-state index contributed by atoms with van der Waals surface area (Å²) < 4.78 is 13.4. The molecule has 0 saturated carbocycles. The van der Waals surface area contributed by atoms with E-state index in [4.69, 9.17) is 5.26 Å². The highest BCUT2D eigenvalue weighted by Crippen LogP contribution is 2.12. The van der Waals surface area contributed by atoms with Crippen LogP contribution in [0.15, 0.2) is 36.4 Å². The molecular formula is C14H12FN3. The molecule has 18 heavy (non-hydrogen) atoms. The maximum Gasteiger partial charge on any atom is 0.128 e. The molecule has 4 heteroatoms. The molecule has 0 aliphatic heterocycles. The molecule has 3 nitrogen and oxygen atoms in total. The van der Waals surface area contributed by atoms with Crippen LogP contribution < -0.4 is 5.32 Å². The van der Waals surface area contributed by atoms with E-state index in [0.29, 0.717) is 23.5 Å². The minimum atomic E-state index is -0.252. The van der Waals surface area contributed by atoms with Gasteiger partial charge in [-0.15, -0.1) is 0 Å².